The summed E-state index contributed by atoms with van der Waals surface area (Å²) < 4.78 is 0. The van der Waals surface area contributed by atoms with Crippen LogP contribution in [-0.4, -0.2) is 15.5 Å². The van der Waals surface area contributed by atoms with E-state index in [0.29, 0.717) is 5.25 Å². The highest BCUT2D eigenvalue weighted by atomic mass is 32.2. The van der Waals surface area contributed by atoms with Crippen molar-refractivity contribution < 1.29 is 10.2 Å². The van der Waals surface area contributed by atoms with E-state index in [0.717, 1.165) is 11.3 Å². The molecule has 0 aromatic heterocycles. The van der Waals surface area contributed by atoms with Gasteiger partial charge in [-0.2, -0.15) is 0 Å². The number of phenolic OH excluding ortho intramolecular Hbond substituents is 2. The number of aromatic hydroxyl groups is 2. The highest BCUT2D eigenvalue weighted by molar-refractivity contribution is 8.00. The fraction of sp³-hybridized carbons (Fsp3) is 0.538. The number of thioether (sulfide) groups is 1. The van der Waals surface area contributed by atoms with E-state index in [-0.39, 0.29) is 11.5 Å². The van der Waals surface area contributed by atoms with Gasteiger partial charge in [0.1, 0.15) is 0 Å². The summed E-state index contributed by atoms with van der Waals surface area (Å²) in [6, 6.07) is 3.40. The minimum atomic E-state index is 0.00221. The maximum absolute atomic E-state index is 9.47. The van der Waals surface area contributed by atoms with E-state index in [9.17, 15) is 10.2 Å². The van der Waals surface area contributed by atoms with Crippen LogP contribution in [0.1, 0.15) is 38.2 Å². The molecule has 1 aliphatic rings. The summed E-state index contributed by atoms with van der Waals surface area (Å²) in [5, 5.41) is 19.6. The average molecular weight is 238 g/mol. The van der Waals surface area contributed by atoms with E-state index in [1.165, 1.54) is 31.2 Å². The van der Waals surface area contributed by atoms with Gasteiger partial charge in [-0.15, -0.1) is 11.8 Å². The van der Waals surface area contributed by atoms with Crippen molar-refractivity contribution in [1.82, 2.24) is 0 Å². The molecule has 2 N–H and O–H groups in total. The summed E-state index contributed by atoms with van der Waals surface area (Å²) in [6.45, 7) is 2.21. The number of unbranched alkanes of at least 4 members (excludes halogenated alkanes) is 1. The topological polar surface area (TPSA) is 40.5 Å². The van der Waals surface area contributed by atoms with Crippen molar-refractivity contribution in [3.8, 4) is 11.5 Å². The second-order valence-electron chi connectivity index (χ2n) is 4.37. The first-order valence-electron chi connectivity index (χ1n) is 5.92. The van der Waals surface area contributed by atoms with Crippen molar-refractivity contribution in [1.29, 1.82) is 0 Å². The summed E-state index contributed by atoms with van der Waals surface area (Å²) in [5.74, 6) is 0.00810. The average Bonchev–Trinajstić information content (AvgIpc) is 2.28. The molecule has 1 atom stereocenters. The summed E-state index contributed by atoms with van der Waals surface area (Å²) in [6.07, 6.45) is 5.97. The van der Waals surface area contributed by atoms with Crippen LogP contribution in [0.2, 0.25) is 0 Å². The van der Waals surface area contributed by atoms with Crippen LogP contribution >= 0.6 is 11.8 Å². The highest BCUT2D eigenvalue weighted by Gasteiger charge is 2.20. The number of benzene rings is 1. The quantitative estimate of drug-likeness (QED) is 0.789. The largest absolute Gasteiger partial charge is 0.504 e. The van der Waals surface area contributed by atoms with E-state index in [4.69, 9.17) is 0 Å². The van der Waals surface area contributed by atoms with Gasteiger partial charge >= 0.3 is 0 Å². The summed E-state index contributed by atoms with van der Waals surface area (Å²) >= 11 is 1.85. The summed E-state index contributed by atoms with van der Waals surface area (Å²) in [7, 11) is 0. The molecule has 0 saturated carbocycles. The first-order valence-corrected chi connectivity index (χ1v) is 6.80. The van der Waals surface area contributed by atoms with E-state index in [1.54, 1.807) is 12.1 Å². The van der Waals surface area contributed by atoms with Crippen molar-refractivity contribution in [2.45, 2.75) is 49.2 Å². The number of aryl methyl sites for hydroxylation is 1. The van der Waals surface area contributed by atoms with E-state index < -0.39 is 0 Å². The van der Waals surface area contributed by atoms with Gasteiger partial charge < -0.3 is 10.2 Å². The molecule has 2 rings (SSSR count). The molecule has 2 nitrogen and oxygen atoms in total. The van der Waals surface area contributed by atoms with Gasteiger partial charge in [0.15, 0.2) is 11.5 Å². The van der Waals surface area contributed by atoms with Crippen molar-refractivity contribution >= 4 is 11.8 Å². The van der Waals surface area contributed by atoms with Gasteiger partial charge in [-0.1, -0.05) is 19.8 Å². The Kier molecular flexibility index (Phi) is 3.64. The van der Waals surface area contributed by atoms with Gasteiger partial charge in [-0.3, -0.25) is 0 Å². The number of fused-ring (bicyclic) bond motifs is 1. The predicted octanol–water partition coefficient (Wildman–Crippen LogP) is 3.69. The third kappa shape index (κ3) is 2.46. The molecule has 0 bridgehead atoms. The first-order chi connectivity index (χ1) is 7.70. The maximum atomic E-state index is 9.47. The lowest BCUT2D eigenvalue weighted by Gasteiger charge is -2.24. The molecular weight excluding hydrogens is 220 g/mol. The molecule has 0 amide bonds. The van der Waals surface area contributed by atoms with Gasteiger partial charge in [-0.25, -0.2) is 0 Å². The van der Waals surface area contributed by atoms with Crippen molar-refractivity contribution in [3.05, 3.63) is 17.7 Å². The van der Waals surface area contributed by atoms with Crippen LogP contribution in [0.25, 0.3) is 0 Å². The fourth-order valence-corrected chi connectivity index (χ4v) is 3.47. The van der Waals surface area contributed by atoms with Crippen LogP contribution in [0.4, 0.5) is 0 Å². The fourth-order valence-electron chi connectivity index (χ4n) is 2.10. The van der Waals surface area contributed by atoms with Crippen molar-refractivity contribution in [2.75, 3.05) is 0 Å². The zero-order chi connectivity index (χ0) is 11.5. The molecule has 1 aromatic rings. The molecule has 0 radical (unpaired) electrons. The van der Waals surface area contributed by atoms with Crippen molar-refractivity contribution in [2.24, 2.45) is 0 Å². The molecule has 0 fully saturated rings. The normalized spacial score (nSPS) is 19.4. The lowest BCUT2D eigenvalue weighted by molar-refractivity contribution is 0.401. The molecule has 1 aliphatic heterocycles. The summed E-state index contributed by atoms with van der Waals surface area (Å²) in [5.41, 5.74) is 1.17. The lowest BCUT2D eigenvalue weighted by atomic mass is 10.0. The molecule has 0 saturated heterocycles. The van der Waals surface area contributed by atoms with E-state index >= 15 is 0 Å². The monoisotopic (exact) mass is 238 g/mol. The lowest BCUT2D eigenvalue weighted by Crippen LogP contribution is -2.10. The molecule has 0 aliphatic carbocycles. The Morgan fingerprint density at radius 2 is 2.06 bits per heavy atom. The Labute approximate surface area is 101 Å². The summed E-state index contributed by atoms with van der Waals surface area (Å²) in [4.78, 5) is 1.14. The van der Waals surface area contributed by atoms with Crippen LogP contribution in [0, 0.1) is 0 Å². The van der Waals surface area contributed by atoms with Gasteiger partial charge in [0.2, 0.25) is 0 Å². The van der Waals surface area contributed by atoms with Gasteiger partial charge in [0.05, 0.1) is 0 Å². The molecule has 1 aromatic carbocycles. The molecule has 1 heterocycles. The number of hydrogen-bond acceptors (Lipinski definition) is 3. The van der Waals surface area contributed by atoms with Gasteiger partial charge in [-0.05, 0) is 37.0 Å². The minimum Gasteiger partial charge on any atom is -0.504 e. The smallest absolute Gasteiger partial charge is 0.158 e. The van der Waals surface area contributed by atoms with E-state index in [1.807, 2.05) is 11.8 Å². The van der Waals surface area contributed by atoms with Gasteiger partial charge in [0.25, 0.3) is 0 Å². The van der Waals surface area contributed by atoms with Crippen molar-refractivity contribution in [3.63, 3.8) is 0 Å². The standard InChI is InChI=1S/C13H18O2S/c1-2-3-4-10-6-5-9-7-11(14)12(15)8-13(9)16-10/h7-8,10,14-15H,2-6H2,1H3. The number of hydrogen-bond donors (Lipinski definition) is 2. The molecule has 88 valence electrons. The SMILES string of the molecule is CCCCC1CCc2cc(O)c(O)cc2S1. The Balaban J connectivity index is 2.11. The predicted molar refractivity (Wildman–Crippen MR) is 67.3 cm³/mol. The third-order valence-corrected chi connectivity index (χ3v) is 4.51. The Morgan fingerprint density at radius 3 is 2.81 bits per heavy atom. The van der Waals surface area contributed by atoms with Crippen LogP contribution in [0.3, 0.4) is 0 Å². The van der Waals surface area contributed by atoms with Gasteiger partial charge in [0, 0.05) is 10.1 Å². The molecule has 16 heavy (non-hydrogen) atoms. The van der Waals surface area contributed by atoms with E-state index in [2.05, 4.69) is 6.92 Å². The zero-order valence-corrected chi connectivity index (χ0v) is 10.4. The second-order valence-corrected chi connectivity index (χ2v) is 5.71. The highest BCUT2D eigenvalue weighted by Crippen LogP contribution is 2.42. The molecule has 3 heteroatoms. The van der Waals surface area contributed by atoms with Crippen LogP contribution < -0.4 is 0 Å². The molecular formula is C13H18O2S. The van der Waals surface area contributed by atoms with Crippen LogP contribution in [0.15, 0.2) is 17.0 Å². The third-order valence-electron chi connectivity index (χ3n) is 3.07. The minimum absolute atomic E-state index is 0.00221. The van der Waals surface area contributed by atoms with Crippen LogP contribution in [-0.2, 0) is 6.42 Å². The van der Waals surface area contributed by atoms with Crippen LogP contribution in [0.5, 0.6) is 11.5 Å². The first kappa shape index (κ1) is 11.6. The maximum Gasteiger partial charge on any atom is 0.158 e. The Hall–Kier alpha value is -0.830. The Bertz CT molecular complexity index is 376. The second kappa shape index (κ2) is 5.00. The zero-order valence-electron chi connectivity index (χ0n) is 9.57. The number of phenols is 2. The Morgan fingerprint density at radius 1 is 1.31 bits per heavy atom. The molecule has 0 spiro atoms. The number of rotatable bonds is 3. The molecule has 1 unspecified atom stereocenters.